The van der Waals surface area contributed by atoms with Crippen LogP contribution in [0.1, 0.15) is 0 Å². The Balaban J connectivity index is 3.76. The number of hydrogen-bond acceptors (Lipinski definition) is 0. The second-order valence-electron chi connectivity index (χ2n) is 7.65. The SMILES string of the molecule is C[Si](C)(c1ccc(Br)cc1)C(F)(F)C(F)(F)C(F)(F)C(F)(F)C(F)(F)C(F)(F)C(F)(F)C(F)(F)F. The van der Waals surface area contributed by atoms with Crippen LogP contribution in [0.25, 0.3) is 0 Å². The van der Waals surface area contributed by atoms with E-state index < -0.39 is 60.5 Å². The molecule has 0 nitrogen and oxygen atoms in total. The van der Waals surface area contributed by atoms with Crippen LogP contribution in [0.4, 0.5) is 74.6 Å². The van der Waals surface area contributed by atoms with Gasteiger partial charge in [0.15, 0.2) is 8.07 Å². The lowest BCUT2D eigenvalue weighted by Crippen LogP contribution is -2.77. The van der Waals surface area contributed by atoms with Crippen molar-refractivity contribution in [2.24, 2.45) is 0 Å². The van der Waals surface area contributed by atoms with E-state index in [0.717, 1.165) is 12.1 Å². The highest BCUT2D eigenvalue weighted by molar-refractivity contribution is 9.10. The van der Waals surface area contributed by atoms with Crippen molar-refractivity contribution in [1.82, 2.24) is 0 Å². The third-order valence-corrected chi connectivity index (χ3v) is 9.26. The van der Waals surface area contributed by atoms with E-state index in [1.807, 2.05) is 0 Å². The van der Waals surface area contributed by atoms with E-state index >= 15 is 0 Å². The fourth-order valence-corrected chi connectivity index (χ4v) is 5.17. The van der Waals surface area contributed by atoms with Crippen molar-refractivity contribution in [2.45, 2.75) is 60.4 Å². The van der Waals surface area contributed by atoms with E-state index in [1.165, 1.54) is 0 Å². The van der Waals surface area contributed by atoms with Gasteiger partial charge in [0.2, 0.25) is 0 Å². The largest absolute Gasteiger partial charge is 0.460 e. The number of hydrogen-bond donors (Lipinski definition) is 0. The van der Waals surface area contributed by atoms with Gasteiger partial charge in [0, 0.05) is 4.47 Å². The first-order valence-electron chi connectivity index (χ1n) is 8.47. The van der Waals surface area contributed by atoms with Gasteiger partial charge in [0.25, 0.3) is 0 Å². The molecule has 204 valence electrons. The van der Waals surface area contributed by atoms with Crippen molar-refractivity contribution in [3.8, 4) is 0 Å². The van der Waals surface area contributed by atoms with Gasteiger partial charge >= 0.3 is 47.3 Å². The van der Waals surface area contributed by atoms with E-state index in [0.29, 0.717) is 12.1 Å². The minimum atomic E-state index is -8.62. The van der Waals surface area contributed by atoms with Crippen LogP contribution in [0, 0.1) is 0 Å². The van der Waals surface area contributed by atoms with Crippen molar-refractivity contribution >= 4 is 29.2 Å². The average Bonchev–Trinajstić information content (AvgIpc) is 2.66. The van der Waals surface area contributed by atoms with Gasteiger partial charge in [-0.3, -0.25) is 0 Å². The van der Waals surface area contributed by atoms with Crippen molar-refractivity contribution in [3.05, 3.63) is 28.7 Å². The van der Waals surface area contributed by atoms with Crippen LogP contribution in [0.5, 0.6) is 0 Å². The molecule has 1 aromatic carbocycles. The summed E-state index contributed by atoms with van der Waals surface area (Å²) >= 11 is 2.80. The molecule has 1 rings (SSSR count). The predicted molar refractivity (Wildman–Crippen MR) is 91.9 cm³/mol. The molecule has 0 aromatic heterocycles. The number of halogens is 18. The van der Waals surface area contributed by atoms with E-state index in [-0.39, 0.29) is 17.6 Å². The zero-order chi connectivity index (χ0) is 28.5. The average molecular weight is 633 g/mol. The van der Waals surface area contributed by atoms with Gasteiger partial charge in [0.05, 0.1) is 0 Å². The van der Waals surface area contributed by atoms with Gasteiger partial charge in [-0.15, -0.1) is 0 Å². The second-order valence-corrected chi connectivity index (χ2v) is 13.0. The lowest BCUT2D eigenvalue weighted by molar-refractivity contribution is -0.458. The van der Waals surface area contributed by atoms with E-state index in [4.69, 9.17) is 0 Å². The summed E-state index contributed by atoms with van der Waals surface area (Å²) in [4.78, 5) is 0. The molecule has 0 aliphatic rings. The first kappa shape index (κ1) is 31.8. The Kier molecular flexibility index (Phi) is 7.60. The highest BCUT2D eigenvalue weighted by Crippen LogP contribution is 2.64. The molecule has 0 spiro atoms. The second kappa shape index (κ2) is 8.37. The van der Waals surface area contributed by atoms with Crippen LogP contribution in [0.2, 0.25) is 13.1 Å². The molecule has 0 saturated carbocycles. The van der Waals surface area contributed by atoms with Gasteiger partial charge in [-0.05, 0) is 12.1 Å². The monoisotopic (exact) mass is 632 g/mol. The lowest BCUT2D eigenvalue weighted by Gasteiger charge is -2.45. The molecule has 0 aliphatic carbocycles. The Hall–Kier alpha value is -1.27. The zero-order valence-electron chi connectivity index (χ0n) is 16.6. The van der Waals surface area contributed by atoms with Gasteiger partial charge < -0.3 is 0 Å². The molecule has 0 aliphatic heterocycles. The maximum absolute atomic E-state index is 14.6. The van der Waals surface area contributed by atoms with Crippen LogP contribution in [0.15, 0.2) is 28.7 Å². The van der Waals surface area contributed by atoms with Crippen molar-refractivity contribution in [3.63, 3.8) is 0 Å². The smallest absolute Gasteiger partial charge is 0.204 e. The summed E-state index contributed by atoms with van der Waals surface area (Å²) in [7, 11) is -5.50. The van der Waals surface area contributed by atoms with Crippen LogP contribution in [0.3, 0.4) is 0 Å². The van der Waals surface area contributed by atoms with Crippen LogP contribution < -0.4 is 5.19 Å². The van der Waals surface area contributed by atoms with Gasteiger partial charge in [-0.25, -0.2) is 8.78 Å². The zero-order valence-corrected chi connectivity index (χ0v) is 19.2. The topological polar surface area (TPSA) is 0 Å². The molecular weight excluding hydrogens is 623 g/mol. The van der Waals surface area contributed by atoms with Crippen LogP contribution in [-0.2, 0) is 0 Å². The molecule has 0 amide bonds. The first-order chi connectivity index (χ1) is 15.0. The molecule has 1 aromatic rings. The van der Waals surface area contributed by atoms with Crippen molar-refractivity contribution in [1.29, 1.82) is 0 Å². The Bertz CT molecular complexity index is 917. The minimum Gasteiger partial charge on any atom is -0.204 e. The van der Waals surface area contributed by atoms with Crippen molar-refractivity contribution in [2.75, 3.05) is 0 Å². The third kappa shape index (κ3) is 4.11. The lowest BCUT2D eigenvalue weighted by atomic mass is 9.91. The molecular formula is C16H10BrF17Si. The maximum atomic E-state index is 14.6. The fourth-order valence-electron chi connectivity index (χ4n) is 2.60. The predicted octanol–water partition coefficient (Wildman–Crippen LogP) is 7.91. The maximum Gasteiger partial charge on any atom is 0.460 e. The Morgan fingerprint density at radius 2 is 0.771 bits per heavy atom. The molecule has 0 atom stereocenters. The Morgan fingerprint density at radius 1 is 0.486 bits per heavy atom. The Morgan fingerprint density at radius 3 is 1.09 bits per heavy atom. The fraction of sp³-hybridized carbons (Fsp3) is 0.625. The summed E-state index contributed by atoms with van der Waals surface area (Å²) in [6.45, 7) is 0.339. The standard InChI is InChI=1S/C16H10BrF17Si/c1-35(2,8-5-3-7(17)4-6-8)16(33,34)14(28,29)12(24,25)10(20,21)9(18,19)11(22,23)13(26,27)15(30,31)32/h3-6H,1-2H3. The van der Waals surface area contributed by atoms with E-state index in [2.05, 4.69) is 15.9 Å². The molecule has 0 bridgehead atoms. The van der Waals surface area contributed by atoms with Crippen molar-refractivity contribution < 1.29 is 74.6 Å². The van der Waals surface area contributed by atoms with Gasteiger partial charge in [0.1, 0.15) is 0 Å². The van der Waals surface area contributed by atoms with Gasteiger partial charge in [-0.1, -0.05) is 46.3 Å². The minimum absolute atomic E-state index is 0.116. The van der Waals surface area contributed by atoms with Gasteiger partial charge in [-0.2, -0.15) is 65.9 Å². The molecule has 0 saturated heterocycles. The molecule has 0 radical (unpaired) electrons. The molecule has 0 heterocycles. The number of rotatable bonds is 8. The highest BCUT2D eigenvalue weighted by Gasteiger charge is 2.95. The molecule has 0 unspecified atom stereocenters. The van der Waals surface area contributed by atoms with Crippen LogP contribution in [-0.4, -0.2) is 55.3 Å². The molecule has 19 heteroatoms. The molecule has 35 heavy (non-hydrogen) atoms. The number of alkyl halides is 17. The van der Waals surface area contributed by atoms with E-state index in [1.54, 1.807) is 0 Å². The molecule has 0 fully saturated rings. The molecule has 0 N–H and O–H groups in total. The first-order valence-corrected chi connectivity index (χ1v) is 12.3. The van der Waals surface area contributed by atoms with E-state index in [9.17, 15) is 74.6 Å². The van der Waals surface area contributed by atoms with Crippen LogP contribution >= 0.6 is 15.9 Å². The normalized spacial score (nSPS) is 16.0. The summed E-state index contributed by atoms with van der Waals surface area (Å²) in [6.07, 6.45) is -7.77. The third-order valence-electron chi connectivity index (χ3n) is 5.07. The summed E-state index contributed by atoms with van der Waals surface area (Å²) < 4.78 is 229. The summed E-state index contributed by atoms with van der Waals surface area (Å²) in [5.74, 6) is -49.8. The quantitative estimate of drug-likeness (QED) is 0.202. The number of benzene rings is 1. The summed E-state index contributed by atoms with van der Waals surface area (Å²) in [5.41, 5.74) is -6.39. The summed E-state index contributed by atoms with van der Waals surface area (Å²) in [5, 5.41) is -0.870. The highest BCUT2D eigenvalue weighted by atomic mass is 79.9. The summed E-state index contributed by atoms with van der Waals surface area (Å²) in [6, 6.07) is 3.06. The Labute approximate surface area is 193 Å².